The van der Waals surface area contributed by atoms with Gasteiger partial charge in [-0.25, -0.2) is 9.97 Å². The van der Waals surface area contributed by atoms with E-state index in [-0.39, 0.29) is 5.91 Å². The maximum atomic E-state index is 12.4. The average molecular weight is 300 g/mol. The fraction of sp³-hybridized carbons (Fsp3) is 0.312. The number of para-hydroxylation sites is 2. The normalized spacial score (nSPS) is 10.2. The lowest BCUT2D eigenvalue weighted by atomic mass is 10.2. The summed E-state index contributed by atoms with van der Waals surface area (Å²) in [5.74, 6) is 0.959. The Morgan fingerprint density at radius 2 is 2.05 bits per heavy atom. The highest BCUT2D eigenvalue weighted by atomic mass is 16.5. The van der Waals surface area contributed by atoms with Gasteiger partial charge in [-0.2, -0.15) is 0 Å². The van der Waals surface area contributed by atoms with E-state index in [2.05, 4.69) is 15.3 Å². The number of carbonyl (C=O) groups is 1. The van der Waals surface area contributed by atoms with E-state index in [0.29, 0.717) is 35.2 Å². The van der Waals surface area contributed by atoms with E-state index in [4.69, 9.17) is 4.74 Å². The molecule has 22 heavy (non-hydrogen) atoms. The Morgan fingerprint density at radius 1 is 1.32 bits per heavy atom. The lowest BCUT2D eigenvalue weighted by molar-refractivity contribution is 0.102. The van der Waals surface area contributed by atoms with Crippen LogP contribution < -0.4 is 15.0 Å². The van der Waals surface area contributed by atoms with Gasteiger partial charge in [-0.1, -0.05) is 12.1 Å². The van der Waals surface area contributed by atoms with E-state index in [9.17, 15) is 4.79 Å². The zero-order valence-electron chi connectivity index (χ0n) is 13.3. The highest BCUT2D eigenvalue weighted by molar-refractivity contribution is 6.05. The number of nitrogens with one attached hydrogen (secondary N) is 1. The Bertz CT molecular complexity index is 671. The summed E-state index contributed by atoms with van der Waals surface area (Å²) in [5.41, 5.74) is 1.70. The minimum absolute atomic E-state index is 0.255. The summed E-state index contributed by atoms with van der Waals surface area (Å²) in [5, 5.41) is 2.84. The third-order valence-corrected chi connectivity index (χ3v) is 3.05. The molecule has 0 saturated carbocycles. The average Bonchev–Trinajstić information content (AvgIpc) is 2.49. The standard InChI is InChI=1S/C16H20N4O2/c1-5-22-14-9-7-6-8-13(14)19-15(21)12-10-17-16(20(3)4)18-11(12)2/h6-10H,5H2,1-4H3,(H,19,21). The van der Waals surface area contributed by atoms with Crippen LogP contribution in [0.2, 0.25) is 0 Å². The highest BCUT2D eigenvalue weighted by Crippen LogP contribution is 2.24. The second-order valence-electron chi connectivity index (χ2n) is 4.95. The van der Waals surface area contributed by atoms with Crippen molar-refractivity contribution in [3.8, 4) is 5.75 Å². The molecule has 0 aliphatic carbocycles. The largest absolute Gasteiger partial charge is 0.492 e. The molecule has 2 aromatic rings. The summed E-state index contributed by atoms with van der Waals surface area (Å²) >= 11 is 0. The highest BCUT2D eigenvalue weighted by Gasteiger charge is 2.14. The molecule has 1 heterocycles. The Labute approximate surface area is 130 Å². The van der Waals surface area contributed by atoms with Crippen LogP contribution in [0.3, 0.4) is 0 Å². The van der Waals surface area contributed by atoms with Gasteiger partial charge < -0.3 is 15.0 Å². The summed E-state index contributed by atoms with van der Waals surface area (Å²) in [6, 6.07) is 7.32. The first-order valence-electron chi connectivity index (χ1n) is 7.07. The van der Waals surface area contributed by atoms with E-state index >= 15 is 0 Å². The van der Waals surface area contributed by atoms with E-state index in [1.807, 2.05) is 39.2 Å². The van der Waals surface area contributed by atoms with Crippen molar-refractivity contribution in [2.24, 2.45) is 0 Å². The minimum Gasteiger partial charge on any atom is -0.492 e. The van der Waals surface area contributed by atoms with E-state index in [0.717, 1.165) is 0 Å². The number of anilines is 2. The number of benzene rings is 1. The van der Waals surface area contributed by atoms with Crippen molar-refractivity contribution in [1.29, 1.82) is 0 Å². The number of amides is 1. The SMILES string of the molecule is CCOc1ccccc1NC(=O)c1cnc(N(C)C)nc1C. The molecule has 116 valence electrons. The molecule has 0 saturated heterocycles. The molecule has 1 aromatic carbocycles. The molecule has 0 spiro atoms. The molecule has 0 atom stereocenters. The molecule has 0 aliphatic rings. The van der Waals surface area contributed by atoms with Crippen LogP contribution in [-0.4, -0.2) is 36.6 Å². The predicted molar refractivity (Wildman–Crippen MR) is 86.7 cm³/mol. The van der Waals surface area contributed by atoms with Gasteiger partial charge in [-0.15, -0.1) is 0 Å². The van der Waals surface area contributed by atoms with Crippen LogP contribution in [0.1, 0.15) is 23.0 Å². The molecule has 0 aliphatic heterocycles. The Morgan fingerprint density at radius 3 is 2.68 bits per heavy atom. The van der Waals surface area contributed by atoms with Crippen molar-refractivity contribution in [1.82, 2.24) is 9.97 Å². The molecule has 0 fully saturated rings. The number of aromatic nitrogens is 2. The van der Waals surface area contributed by atoms with Crippen LogP contribution in [0.5, 0.6) is 5.75 Å². The zero-order valence-corrected chi connectivity index (χ0v) is 13.3. The lowest BCUT2D eigenvalue weighted by Gasteiger charge is -2.14. The van der Waals surface area contributed by atoms with Crippen molar-refractivity contribution in [2.45, 2.75) is 13.8 Å². The van der Waals surface area contributed by atoms with Crippen molar-refractivity contribution in [2.75, 3.05) is 30.9 Å². The van der Waals surface area contributed by atoms with Gasteiger partial charge in [-0.3, -0.25) is 4.79 Å². The van der Waals surface area contributed by atoms with E-state index < -0.39 is 0 Å². The van der Waals surface area contributed by atoms with Gasteiger partial charge in [0.15, 0.2) is 0 Å². The molecule has 1 aromatic heterocycles. The predicted octanol–water partition coefficient (Wildman–Crippen LogP) is 2.50. The summed E-state index contributed by atoms with van der Waals surface area (Å²) in [4.78, 5) is 22.7. The first-order chi connectivity index (χ1) is 10.5. The molecule has 2 rings (SSSR count). The number of rotatable bonds is 5. The van der Waals surface area contributed by atoms with Gasteiger partial charge in [0.05, 0.1) is 23.6 Å². The first-order valence-corrected chi connectivity index (χ1v) is 7.07. The van der Waals surface area contributed by atoms with E-state index in [1.54, 1.807) is 17.9 Å². The summed E-state index contributed by atoms with van der Waals surface area (Å²) in [6.07, 6.45) is 1.54. The molecule has 0 bridgehead atoms. The fourth-order valence-corrected chi connectivity index (χ4v) is 1.93. The van der Waals surface area contributed by atoms with Gasteiger partial charge in [-0.05, 0) is 26.0 Å². The Balaban J connectivity index is 2.23. The zero-order chi connectivity index (χ0) is 16.1. The summed E-state index contributed by atoms with van der Waals surface area (Å²) in [7, 11) is 3.71. The monoisotopic (exact) mass is 300 g/mol. The smallest absolute Gasteiger partial charge is 0.259 e. The molecular formula is C16H20N4O2. The van der Waals surface area contributed by atoms with Gasteiger partial charge >= 0.3 is 0 Å². The molecule has 1 amide bonds. The molecule has 0 unspecified atom stereocenters. The number of hydrogen-bond acceptors (Lipinski definition) is 5. The first kappa shape index (κ1) is 15.8. The van der Waals surface area contributed by atoms with Crippen LogP contribution >= 0.6 is 0 Å². The van der Waals surface area contributed by atoms with Gasteiger partial charge in [0.1, 0.15) is 5.75 Å². The molecule has 6 heteroatoms. The molecule has 6 nitrogen and oxygen atoms in total. The van der Waals surface area contributed by atoms with Crippen LogP contribution in [0.4, 0.5) is 11.6 Å². The second kappa shape index (κ2) is 6.89. The van der Waals surface area contributed by atoms with Gasteiger partial charge in [0, 0.05) is 20.3 Å². The van der Waals surface area contributed by atoms with Crippen molar-refractivity contribution in [3.05, 3.63) is 41.7 Å². The lowest BCUT2D eigenvalue weighted by Crippen LogP contribution is -2.18. The van der Waals surface area contributed by atoms with Crippen molar-refractivity contribution in [3.63, 3.8) is 0 Å². The van der Waals surface area contributed by atoms with Crippen molar-refractivity contribution < 1.29 is 9.53 Å². The second-order valence-corrected chi connectivity index (χ2v) is 4.95. The van der Waals surface area contributed by atoms with Crippen LogP contribution in [-0.2, 0) is 0 Å². The van der Waals surface area contributed by atoms with Crippen LogP contribution in [0.15, 0.2) is 30.5 Å². The van der Waals surface area contributed by atoms with Crippen LogP contribution in [0.25, 0.3) is 0 Å². The topological polar surface area (TPSA) is 67.3 Å². The fourth-order valence-electron chi connectivity index (χ4n) is 1.93. The molecular weight excluding hydrogens is 280 g/mol. The Hall–Kier alpha value is -2.63. The summed E-state index contributed by atoms with van der Waals surface area (Å²) in [6.45, 7) is 4.22. The van der Waals surface area contributed by atoms with Crippen molar-refractivity contribution >= 4 is 17.5 Å². The third kappa shape index (κ3) is 3.52. The third-order valence-electron chi connectivity index (χ3n) is 3.05. The number of aryl methyl sites for hydroxylation is 1. The molecule has 0 radical (unpaired) electrons. The number of ether oxygens (including phenoxy) is 1. The van der Waals surface area contributed by atoms with Gasteiger partial charge in [0.25, 0.3) is 5.91 Å². The number of carbonyl (C=O) groups excluding carboxylic acids is 1. The molecule has 1 N–H and O–H groups in total. The number of hydrogen-bond donors (Lipinski definition) is 1. The summed E-state index contributed by atoms with van der Waals surface area (Å²) < 4.78 is 5.50. The minimum atomic E-state index is -0.255. The number of nitrogens with zero attached hydrogens (tertiary/aromatic N) is 3. The Kier molecular flexibility index (Phi) is 4.93. The quantitative estimate of drug-likeness (QED) is 0.919. The van der Waals surface area contributed by atoms with E-state index in [1.165, 1.54) is 6.20 Å². The van der Waals surface area contributed by atoms with Gasteiger partial charge in [0.2, 0.25) is 5.95 Å². The maximum absolute atomic E-state index is 12.4. The maximum Gasteiger partial charge on any atom is 0.259 e. The van der Waals surface area contributed by atoms with Crippen LogP contribution in [0, 0.1) is 6.92 Å².